The van der Waals surface area contributed by atoms with Gasteiger partial charge in [-0.2, -0.15) is 8.42 Å². The Hall–Kier alpha value is -4.40. The van der Waals surface area contributed by atoms with Gasteiger partial charge >= 0.3 is 21.5 Å². The van der Waals surface area contributed by atoms with E-state index in [0.717, 1.165) is 18.2 Å². The molecule has 0 radical (unpaired) electrons. The molecule has 3 rings (SSSR count). The van der Waals surface area contributed by atoms with E-state index in [-0.39, 0.29) is 27.0 Å². The SMILES string of the molecule is N#[N+]c1ccc2c(S(=O)(=O)Oc3ccc(N=[N+]=[N-])cc3[N+](=O)[O-])cccc2c1O. The molecule has 144 valence electrons. The number of nitrogens with zero attached hydrogens (tertiary/aromatic N) is 6. The number of rotatable bonds is 5. The van der Waals surface area contributed by atoms with Gasteiger partial charge in [-0.1, -0.05) is 17.2 Å². The maximum absolute atomic E-state index is 12.8. The van der Waals surface area contributed by atoms with Gasteiger partial charge in [-0.25, -0.2) is 0 Å². The fourth-order valence-electron chi connectivity index (χ4n) is 2.60. The van der Waals surface area contributed by atoms with Crippen LogP contribution in [0.3, 0.4) is 0 Å². The largest absolute Gasteiger partial charge is 0.501 e. The Morgan fingerprint density at radius 3 is 2.59 bits per heavy atom. The zero-order valence-electron chi connectivity index (χ0n) is 14.2. The Kier molecular flexibility index (Phi) is 4.88. The third kappa shape index (κ3) is 3.56. The first-order valence-electron chi connectivity index (χ1n) is 7.66. The summed E-state index contributed by atoms with van der Waals surface area (Å²) in [5, 5.41) is 33.6. The monoisotopic (exact) mass is 413 g/mol. The van der Waals surface area contributed by atoms with Crippen LogP contribution in [0.15, 0.2) is 58.5 Å². The van der Waals surface area contributed by atoms with Crippen molar-refractivity contribution in [3.8, 4) is 11.5 Å². The minimum atomic E-state index is -4.57. The summed E-state index contributed by atoms with van der Waals surface area (Å²) in [6.45, 7) is 0. The lowest BCUT2D eigenvalue weighted by Gasteiger charge is -2.10. The van der Waals surface area contributed by atoms with Gasteiger partial charge in [0.15, 0.2) is 4.98 Å². The second-order valence-electron chi connectivity index (χ2n) is 5.52. The predicted octanol–water partition coefficient (Wildman–Crippen LogP) is 4.65. The summed E-state index contributed by atoms with van der Waals surface area (Å²) in [4.78, 5) is 15.4. The van der Waals surface area contributed by atoms with Crippen LogP contribution in [0.2, 0.25) is 0 Å². The van der Waals surface area contributed by atoms with Gasteiger partial charge in [0.2, 0.25) is 16.9 Å². The highest BCUT2D eigenvalue weighted by molar-refractivity contribution is 7.87. The minimum absolute atomic E-state index is 0.0470. The third-order valence-corrected chi connectivity index (χ3v) is 5.14. The predicted molar refractivity (Wildman–Crippen MR) is 100 cm³/mol. The molecule has 0 aliphatic heterocycles. The molecule has 3 aromatic rings. The highest BCUT2D eigenvalue weighted by Gasteiger charge is 2.27. The van der Waals surface area contributed by atoms with E-state index in [1.807, 2.05) is 0 Å². The van der Waals surface area contributed by atoms with E-state index in [1.165, 1.54) is 30.3 Å². The number of aromatic hydroxyl groups is 1. The molecular weight excluding hydrogens is 404 g/mol. The molecule has 0 aliphatic carbocycles. The summed E-state index contributed by atoms with van der Waals surface area (Å²) in [6.07, 6.45) is 0. The molecule has 0 bridgehead atoms. The van der Waals surface area contributed by atoms with Crippen LogP contribution in [-0.2, 0) is 10.1 Å². The lowest BCUT2D eigenvalue weighted by atomic mass is 10.1. The quantitative estimate of drug-likeness (QED) is 0.120. The first kappa shape index (κ1) is 19.4. The molecular formula is C16H9N6O6S+. The van der Waals surface area contributed by atoms with E-state index in [1.54, 1.807) is 0 Å². The number of azide groups is 1. The number of nitro groups is 1. The highest BCUT2D eigenvalue weighted by Crippen LogP contribution is 2.39. The number of diazo groups is 1. The summed E-state index contributed by atoms with van der Waals surface area (Å²) < 4.78 is 30.5. The minimum Gasteiger partial charge on any atom is -0.501 e. The number of hydrogen-bond donors (Lipinski definition) is 1. The second kappa shape index (κ2) is 7.31. The Morgan fingerprint density at radius 1 is 1.17 bits per heavy atom. The van der Waals surface area contributed by atoms with Crippen molar-refractivity contribution in [1.29, 1.82) is 5.39 Å². The molecule has 0 saturated heterocycles. The van der Waals surface area contributed by atoms with Crippen molar-refractivity contribution in [2.75, 3.05) is 0 Å². The number of hydrogen-bond acceptors (Lipinski definition) is 8. The molecule has 0 aromatic heterocycles. The first-order valence-corrected chi connectivity index (χ1v) is 9.07. The Labute approximate surface area is 162 Å². The molecule has 3 aromatic carbocycles. The van der Waals surface area contributed by atoms with Crippen LogP contribution in [0, 0.1) is 15.5 Å². The Bertz CT molecular complexity index is 1360. The first-order chi connectivity index (χ1) is 13.8. The topological polar surface area (TPSA) is 184 Å². The molecule has 0 aliphatic rings. The van der Waals surface area contributed by atoms with E-state index in [2.05, 4.69) is 15.0 Å². The normalized spacial score (nSPS) is 10.7. The van der Waals surface area contributed by atoms with Gasteiger partial charge < -0.3 is 9.29 Å². The molecule has 29 heavy (non-hydrogen) atoms. The molecule has 13 heteroatoms. The van der Waals surface area contributed by atoms with Crippen LogP contribution in [0.1, 0.15) is 0 Å². The lowest BCUT2D eigenvalue weighted by Crippen LogP contribution is -2.11. The number of fused-ring (bicyclic) bond motifs is 1. The van der Waals surface area contributed by atoms with Crippen molar-refractivity contribution < 1.29 is 22.6 Å². The maximum Gasteiger partial charge on any atom is 0.426 e. The number of nitro benzene ring substituents is 1. The van der Waals surface area contributed by atoms with Gasteiger partial charge in [0, 0.05) is 33.5 Å². The van der Waals surface area contributed by atoms with Gasteiger partial charge in [-0.05, 0) is 29.8 Å². The van der Waals surface area contributed by atoms with Gasteiger partial charge in [-0.15, -0.1) is 0 Å². The maximum atomic E-state index is 12.8. The average molecular weight is 413 g/mol. The zero-order chi connectivity index (χ0) is 21.2. The van der Waals surface area contributed by atoms with Gasteiger partial charge in [0.05, 0.1) is 4.92 Å². The summed E-state index contributed by atoms with van der Waals surface area (Å²) in [5.74, 6) is -1.04. The number of phenols is 1. The van der Waals surface area contributed by atoms with Crippen LogP contribution < -0.4 is 4.18 Å². The van der Waals surface area contributed by atoms with Crippen LogP contribution in [-0.4, -0.2) is 18.4 Å². The fourth-order valence-corrected chi connectivity index (χ4v) is 3.76. The summed E-state index contributed by atoms with van der Waals surface area (Å²) in [6, 6.07) is 9.40. The van der Waals surface area contributed by atoms with E-state index in [0.29, 0.717) is 0 Å². The molecule has 1 N–H and O–H groups in total. The Balaban J connectivity index is 2.14. The van der Waals surface area contributed by atoms with Gasteiger partial charge in [0.1, 0.15) is 4.90 Å². The van der Waals surface area contributed by atoms with Crippen molar-refractivity contribution in [1.82, 2.24) is 0 Å². The van der Waals surface area contributed by atoms with Crippen molar-refractivity contribution in [2.24, 2.45) is 5.11 Å². The lowest BCUT2D eigenvalue weighted by molar-refractivity contribution is -0.385. The van der Waals surface area contributed by atoms with E-state index in [9.17, 15) is 23.6 Å². The number of benzene rings is 3. The highest BCUT2D eigenvalue weighted by atomic mass is 32.2. The van der Waals surface area contributed by atoms with Crippen molar-refractivity contribution in [3.63, 3.8) is 0 Å². The van der Waals surface area contributed by atoms with E-state index in [4.69, 9.17) is 15.1 Å². The van der Waals surface area contributed by atoms with Crippen LogP contribution in [0.25, 0.3) is 26.2 Å². The molecule has 0 amide bonds. The van der Waals surface area contributed by atoms with Crippen molar-refractivity contribution >= 4 is 38.0 Å². The molecule has 0 unspecified atom stereocenters. The number of phenolic OH excluding ortho intramolecular Hbond substituents is 1. The molecule has 0 atom stereocenters. The van der Waals surface area contributed by atoms with E-state index >= 15 is 0 Å². The molecule has 0 fully saturated rings. The zero-order valence-corrected chi connectivity index (χ0v) is 15.0. The van der Waals surface area contributed by atoms with Gasteiger partial charge in [0.25, 0.3) is 0 Å². The standard InChI is InChI=1S/C16H8N6O6S/c17-19-12-6-5-10-11(16(12)23)2-1-3-15(10)29(26,27)28-14-7-4-9(20-21-18)8-13(14)22(24)25/h1-8H/p+1. The fraction of sp³-hybridized carbons (Fsp3) is 0. The third-order valence-electron chi connectivity index (χ3n) is 3.85. The second-order valence-corrected chi connectivity index (χ2v) is 7.04. The van der Waals surface area contributed by atoms with Crippen molar-refractivity contribution in [2.45, 2.75) is 4.90 Å². The smallest absolute Gasteiger partial charge is 0.426 e. The summed E-state index contributed by atoms with van der Waals surface area (Å²) >= 11 is 0. The molecule has 12 nitrogen and oxygen atoms in total. The van der Waals surface area contributed by atoms with Gasteiger partial charge in [-0.3, -0.25) is 10.1 Å². The summed E-state index contributed by atoms with van der Waals surface area (Å²) in [5.41, 5.74) is 7.45. The Morgan fingerprint density at radius 2 is 1.93 bits per heavy atom. The molecule has 0 saturated carbocycles. The molecule has 0 spiro atoms. The summed E-state index contributed by atoms with van der Waals surface area (Å²) in [7, 11) is -4.57. The van der Waals surface area contributed by atoms with Crippen LogP contribution in [0.5, 0.6) is 11.5 Å². The van der Waals surface area contributed by atoms with E-state index < -0.39 is 32.2 Å². The van der Waals surface area contributed by atoms with Crippen LogP contribution in [0.4, 0.5) is 17.1 Å². The average Bonchev–Trinajstić information content (AvgIpc) is 2.69. The molecule has 0 heterocycles. The van der Waals surface area contributed by atoms with Crippen LogP contribution >= 0.6 is 0 Å². The van der Waals surface area contributed by atoms with Crippen molar-refractivity contribution in [3.05, 3.63) is 74.1 Å².